The maximum Gasteiger partial charge on any atom is 0.274 e. The highest BCUT2D eigenvalue weighted by atomic mass is 32.1. The summed E-state index contributed by atoms with van der Waals surface area (Å²) in [5, 5.41) is 8.04. The van der Waals surface area contributed by atoms with Crippen molar-refractivity contribution in [3.05, 3.63) is 64.2 Å². The summed E-state index contributed by atoms with van der Waals surface area (Å²) >= 11 is 1.51. The second kappa shape index (κ2) is 7.73. The van der Waals surface area contributed by atoms with Crippen LogP contribution in [0.1, 0.15) is 46.2 Å². The molecule has 0 unspecified atom stereocenters. The predicted octanol–water partition coefficient (Wildman–Crippen LogP) is 3.98. The van der Waals surface area contributed by atoms with E-state index in [1.54, 1.807) is 17.1 Å². The van der Waals surface area contributed by atoms with E-state index in [4.69, 9.17) is 9.97 Å². The van der Waals surface area contributed by atoms with Crippen molar-refractivity contribution in [2.45, 2.75) is 39.8 Å². The minimum Gasteiger partial charge on any atom is -0.321 e. The van der Waals surface area contributed by atoms with Crippen molar-refractivity contribution < 1.29 is 4.79 Å². The zero-order chi connectivity index (χ0) is 23.3. The minimum absolute atomic E-state index is 0.0826. The fraction of sp³-hybridized carbons (Fsp3) is 0.304. The molecule has 168 valence electrons. The molecule has 5 heterocycles. The second-order valence-corrected chi connectivity index (χ2v) is 9.61. The van der Waals surface area contributed by atoms with Crippen molar-refractivity contribution in [1.82, 2.24) is 34.6 Å². The van der Waals surface area contributed by atoms with Gasteiger partial charge in [0.15, 0.2) is 0 Å². The lowest BCUT2D eigenvalue weighted by atomic mass is 10.0. The van der Waals surface area contributed by atoms with Crippen LogP contribution in [0.25, 0.3) is 10.7 Å². The van der Waals surface area contributed by atoms with Crippen molar-refractivity contribution in [1.29, 1.82) is 0 Å². The third-order valence-corrected chi connectivity index (χ3v) is 7.18. The molecular formula is C23H24N8OS. The summed E-state index contributed by atoms with van der Waals surface area (Å²) in [4.78, 5) is 34.5. The first-order valence-electron chi connectivity index (χ1n) is 10.6. The Morgan fingerprint density at radius 3 is 2.61 bits per heavy atom. The summed E-state index contributed by atoms with van der Waals surface area (Å²) in [7, 11) is 1.84. The first kappa shape index (κ1) is 21.2. The molecule has 4 aromatic heterocycles. The number of thiazole rings is 1. The summed E-state index contributed by atoms with van der Waals surface area (Å²) in [6.07, 6.45) is 3.46. The standard InChI is InChI=1S/C23H24N8OS/c1-13-11-24-22(27-16-9-10-25-30(16)5)29-17(13)20-28-18-19(33-20)23(3,4)31(21(18)32)12-15-8-6-7-14(2)26-15/h6-11H,12H2,1-5H3,(H,24,27,29). The van der Waals surface area contributed by atoms with E-state index >= 15 is 0 Å². The molecule has 1 aliphatic heterocycles. The Balaban J connectivity index is 1.46. The SMILES string of the molecule is Cc1cccc(CN2C(=O)c3nc(-c4nc(Nc5ccnn5C)ncc4C)sc3C2(C)C)n1. The van der Waals surface area contributed by atoms with Crippen LogP contribution >= 0.6 is 11.3 Å². The topological polar surface area (TPSA) is 102 Å². The zero-order valence-electron chi connectivity index (χ0n) is 19.1. The number of carbonyl (C=O) groups is 1. The van der Waals surface area contributed by atoms with Crippen LogP contribution in [0.15, 0.2) is 36.7 Å². The lowest BCUT2D eigenvalue weighted by molar-refractivity contribution is 0.0591. The van der Waals surface area contributed by atoms with Gasteiger partial charge in [-0.15, -0.1) is 11.3 Å². The Bertz CT molecular complexity index is 1370. The summed E-state index contributed by atoms with van der Waals surface area (Å²) in [5.41, 5.74) is 3.40. The van der Waals surface area contributed by atoms with Crippen LogP contribution in [-0.4, -0.2) is 40.5 Å². The Morgan fingerprint density at radius 2 is 1.91 bits per heavy atom. The van der Waals surface area contributed by atoms with E-state index in [1.807, 2.05) is 50.1 Å². The molecule has 0 atom stereocenters. The van der Waals surface area contributed by atoms with E-state index in [1.165, 1.54) is 11.3 Å². The Labute approximate surface area is 195 Å². The van der Waals surface area contributed by atoms with Gasteiger partial charge < -0.3 is 10.2 Å². The van der Waals surface area contributed by atoms with Gasteiger partial charge in [0.2, 0.25) is 5.95 Å². The van der Waals surface area contributed by atoms with Gasteiger partial charge in [0, 0.05) is 25.0 Å². The van der Waals surface area contributed by atoms with E-state index in [2.05, 4.69) is 34.2 Å². The van der Waals surface area contributed by atoms with Crippen molar-refractivity contribution in [3.63, 3.8) is 0 Å². The number of fused-ring (bicyclic) bond motifs is 1. The highest BCUT2D eigenvalue weighted by Gasteiger charge is 2.46. The number of hydrogen-bond donors (Lipinski definition) is 1. The third kappa shape index (κ3) is 3.66. The third-order valence-electron chi connectivity index (χ3n) is 5.81. The first-order chi connectivity index (χ1) is 15.7. The summed E-state index contributed by atoms with van der Waals surface area (Å²) in [6, 6.07) is 7.71. The van der Waals surface area contributed by atoms with Crippen molar-refractivity contribution in [3.8, 4) is 10.7 Å². The highest BCUT2D eigenvalue weighted by Crippen LogP contribution is 2.45. The number of amides is 1. The van der Waals surface area contributed by atoms with Crippen molar-refractivity contribution in [2.75, 3.05) is 5.32 Å². The fourth-order valence-electron chi connectivity index (χ4n) is 3.93. The molecule has 0 bridgehead atoms. The van der Waals surface area contributed by atoms with Crippen molar-refractivity contribution >= 4 is 29.0 Å². The van der Waals surface area contributed by atoms with Gasteiger partial charge in [-0.2, -0.15) is 5.10 Å². The van der Waals surface area contributed by atoms with Gasteiger partial charge in [-0.25, -0.2) is 15.0 Å². The molecule has 33 heavy (non-hydrogen) atoms. The number of carbonyl (C=O) groups excluding carboxylic acids is 1. The Kier molecular flexibility index (Phi) is 4.97. The van der Waals surface area contributed by atoms with Crippen LogP contribution < -0.4 is 5.32 Å². The second-order valence-electron chi connectivity index (χ2n) is 8.61. The van der Waals surface area contributed by atoms with Gasteiger partial charge in [0.25, 0.3) is 5.91 Å². The largest absolute Gasteiger partial charge is 0.321 e. The molecule has 1 N–H and O–H groups in total. The van der Waals surface area contributed by atoms with Crippen molar-refractivity contribution in [2.24, 2.45) is 7.05 Å². The van der Waals surface area contributed by atoms with Gasteiger partial charge in [0.1, 0.15) is 22.2 Å². The zero-order valence-corrected chi connectivity index (χ0v) is 19.9. The number of hydrogen-bond acceptors (Lipinski definition) is 8. The molecule has 0 spiro atoms. The number of aromatic nitrogens is 6. The molecule has 4 aromatic rings. The maximum absolute atomic E-state index is 13.3. The van der Waals surface area contributed by atoms with Crippen LogP contribution in [0.2, 0.25) is 0 Å². The lowest BCUT2D eigenvalue weighted by Crippen LogP contribution is -2.38. The Hall–Kier alpha value is -3.66. The maximum atomic E-state index is 13.3. The fourth-order valence-corrected chi connectivity index (χ4v) is 5.16. The quantitative estimate of drug-likeness (QED) is 0.481. The molecule has 0 radical (unpaired) electrons. The van der Waals surface area contributed by atoms with E-state index in [0.29, 0.717) is 28.9 Å². The van der Waals surface area contributed by atoms with Crippen LogP contribution in [0.4, 0.5) is 11.8 Å². The molecular weight excluding hydrogens is 436 g/mol. The number of nitrogens with zero attached hydrogens (tertiary/aromatic N) is 7. The van der Waals surface area contributed by atoms with E-state index in [0.717, 1.165) is 27.6 Å². The molecule has 1 amide bonds. The average molecular weight is 461 g/mol. The summed E-state index contributed by atoms with van der Waals surface area (Å²) in [6.45, 7) is 8.44. The van der Waals surface area contributed by atoms with Crippen LogP contribution in [0.3, 0.4) is 0 Å². The molecule has 10 heteroatoms. The predicted molar refractivity (Wildman–Crippen MR) is 126 cm³/mol. The first-order valence-corrected chi connectivity index (χ1v) is 11.4. The number of anilines is 2. The monoisotopic (exact) mass is 460 g/mol. The minimum atomic E-state index is -0.496. The summed E-state index contributed by atoms with van der Waals surface area (Å²) < 4.78 is 1.71. The van der Waals surface area contributed by atoms with Crippen LogP contribution in [0.5, 0.6) is 0 Å². The van der Waals surface area contributed by atoms with Crippen LogP contribution in [0, 0.1) is 13.8 Å². The van der Waals surface area contributed by atoms with Gasteiger partial charge in [-0.05, 0) is 45.4 Å². The molecule has 1 aliphatic rings. The normalized spacial score (nSPS) is 14.6. The van der Waals surface area contributed by atoms with E-state index < -0.39 is 5.54 Å². The van der Waals surface area contributed by atoms with Gasteiger partial charge in [-0.1, -0.05) is 6.07 Å². The number of rotatable bonds is 5. The number of nitrogens with one attached hydrogen (secondary N) is 1. The van der Waals surface area contributed by atoms with Gasteiger partial charge in [0.05, 0.1) is 28.9 Å². The number of aryl methyl sites for hydroxylation is 3. The van der Waals surface area contributed by atoms with Crippen LogP contribution in [-0.2, 0) is 19.1 Å². The molecule has 0 saturated heterocycles. The summed E-state index contributed by atoms with van der Waals surface area (Å²) in [5.74, 6) is 1.15. The van der Waals surface area contributed by atoms with E-state index in [9.17, 15) is 4.79 Å². The van der Waals surface area contributed by atoms with Gasteiger partial charge >= 0.3 is 0 Å². The van der Waals surface area contributed by atoms with E-state index in [-0.39, 0.29) is 5.91 Å². The smallest absolute Gasteiger partial charge is 0.274 e. The molecule has 0 aromatic carbocycles. The number of pyridine rings is 1. The Morgan fingerprint density at radius 1 is 1.09 bits per heavy atom. The average Bonchev–Trinajstić information content (AvgIpc) is 3.43. The highest BCUT2D eigenvalue weighted by molar-refractivity contribution is 7.15. The van der Waals surface area contributed by atoms with Gasteiger partial charge in [-0.3, -0.25) is 14.5 Å². The lowest BCUT2D eigenvalue weighted by Gasteiger charge is -2.31. The molecule has 0 aliphatic carbocycles. The molecule has 0 fully saturated rings. The molecule has 0 saturated carbocycles. The molecule has 9 nitrogen and oxygen atoms in total. The molecule has 5 rings (SSSR count).